The Labute approximate surface area is 97.4 Å². The Hall–Kier alpha value is -1.62. The quantitative estimate of drug-likeness (QED) is 0.631. The smallest absolute Gasteiger partial charge is 0.409 e. The molecule has 0 fully saturated rings. The Balaban J connectivity index is 3.22. The van der Waals surface area contributed by atoms with Gasteiger partial charge in [0.15, 0.2) is 10.9 Å². The van der Waals surface area contributed by atoms with Crippen molar-refractivity contribution in [2.45, 2.75) is 13.8 Å². The zero-order valence-electron chi connectivity index (χ0n) is 8.82. The number of rotatable bonds is 3. The standard InChI is InChI=1S/C10H11ClN2O3/c1-5(2)8(14)6-3-4-12-9(11)7(6)13-10(15)16/h3-5,13H,1-2H3,(H,15,16). The van der Waals surface area contributed by atoms with Crippen LogP contribution < -0.4 is 5.32 Å². The molecule has 86 valence electrons. The van der Waals surface area contributed by atoms with Crippen LogP contribution in [0.2, 0.25) is 5.15 Å². The minimum Gasteiger partial charge on any atom is -0.465 e. The zero-order chi connectivity index (χ0) is 12.3. The van der Waals surface area contributed by atoms with E-state index in [4.69, 9.17) is 16.7 Å². The molecule has 0 radical (unpaired) electrons. The van der Waals surface area contributed by atoms with Crippen molar-refractivity contribution in [1.82, 2.24) is 4.98 Å². The fourth-order valence-corrected chi connectivity index (χ4v) is 1.38. The average Bonchev–Trinajstić information content (AvgIpc) is 2.19. The molecule has 0 saturated carbocycles. The van der Waals surface area contributed by atoms with E-state index in [2.05, 4.69) is 10.3 Å². The Morgan fingerprint density at radius 2 is 2.12 bits per heavy atom. The summed E-state index contributed by atoms with van der Waals surface area (Å²) < 4.78 is 0. The van der Waals surface area contributed by atoms with Gasteiger partial charge in [-0.15, -0.1) is 0 Å². The highest BCUT2D eigenvalue weighted by molar-refractivity contribution is 6.33. The molecule has 1 aromatic rings. The minimum absolute atomic E-state index is 0.0334. The summed E-state index contributed by atoms with van der Waals surface area (Å²) in [6.07, 6.45) is 0.0815. The van der Waals surface area contributed by atoms with Gasteiger partial charge in [0.25, 0.3) is 0 Å². The van der Waals surface area contributed by atoms with Gasteiger partial charge in [-0.25, -0.2) is 9.78 Å². The van der Waals surface area contributed by atoms with Crippen LogP contribution in [-0.2, 0) is 0 Å². The number of aromatic nitrogens is 1. The molecule has 0 aliphatic carbocycles. The summed E-state index contributed by atoms with van der Waals surface area (Å²) in [6, 6.07) is 1.44. The molecule has 0 aliphatic rings. The maximum Gasteiger partial charge on any atom is 0.409 e. The highest BCUT2D eigenvalue weighted by atomic mass is 35.5. The summed E-state index contributed by atoms with van der Waals surface area (Å²) in [4.78, 5) is 26.1. The Morgan fingerprint density at radius 3 is 2.62 bits per heavy atom. The molecule has 2 N–H and O–H groups in total. The van der Waals surface area contributed by atoms with Gasteiger partial charge in [-0.2, -0.15) is 0 Å². The Kier molecular flexibility index (Phi) is 3.84. The summed E-state index contributed by atoms with van der Waals surface area (Å²) in [5, 5.41) is 10.7. The van der Waals surface area contributed by atoms with Crippen molar-refractivity contribution in [1.29, 1.82) is 0 Å². The summed E-state index contributed by atoms with van der Waals surface area (Å²) in [5.41, 5.74) is 0.271. The van der Waals surface area contributed by atoms with Crippen molar-refractivity contribution in [3.05, 3.63) is 23.0 Å². The van der Waals surface area contributed by atoms with Crippen LogP contribution in [0.3, 0.4) is 0 Å². The van der Waals surface area contributed by atoms with Crippen LogP contribution in [-0.4, -0.2) is 22.0 Å². The van der Waals surface area contributed by atoms with Crippen LogP contribution in [0.15, 0.2) is 12.3 Å². The molecule has 0 aromatic carbocycles. The normalized spacial score (nSPS) is 10.2. The predicted octanol–water partition coefficient (Wildman–Crippen LogP) is 2.66. The summed E-state index contributed by atoms with van der Waals surface area (Å²) in [7, 11) is 0. The summed E-state index contributed by atoms with van der Waals surface area (Å²) >= 11 is 5.73. The molecule has 1 aromatic heterocycles. The number of pyridine rings is 1. The van der Waals surface area contributed by atoms with Gasteiger partial charge in [0.05, 0.1) is 5.69 Å². The van der Waals surface area contributed by atoms with E-state index >= 15 is 0 Å². The van der Waals surface area contributed by atoms with Crippen molar-refractivity contribution >= 4 is 29.2 Å². The third-order valence-corrected chi connectivity index (χ3v) is 2.21. The molecule has 0 bridgehead atoms. The van der Waals surface area contributed by atoms with Crippen molar-refractivity contribution in [3.63, 3.8) is 0 Å². The zero-order valence-corrected chi connectivity index (χ0v) is 9.58. The van der Waals surface area contributed by atoms with Crippen LogP contribution in [0.1, 0.15) is 24.2 Å². The van der Waals surface area contributed by atoms with Gasteiger partial charge in [-0.1, -0.05) is 25.4 Å². The van der Waals surface area contributed by atoms with E-state index in [0.29, 0.717) is 0 Å². The molecule has 1 heterocycles. The predicted molar refractivity (Wildman–Crippen MR) is 60.1 cm³/mol. The van der Waals surface area contributed by atoms with Crippen molar-refractivity contribution < 1.29 is 14.7 Å². The lowest BCUT2D eigenvalue weighted by Crippen LogP contribution is -2.15. The molecular formula is C10H11ClN2O3. The highest BCUT2D eigenvalue weighted by Crippen LogP contribution is 2.25. The second-order valence-corrected chi connectivity index (χ2v) is 3.83. The number of amides is 1. The fourth-order valence-electron chi connectivity index (χ4n) is 1.18. The lowest BCUT2D eigenvalue weighted by atomic mass is 10.0. The van der Waals surface area contributed by atoms with Gasteiger partial charge in [0.2, 0.25) is 0 Å². The SMILES string of the molecule is CC(C)C(=O)c1ccnc(Cl)c1NC(=O)O. The molecular weight excluding hydrogens is 232 g/mol. The van der Waals surface area contributed by atoms with Crippen LogP contribution in [0.5, 0.6) is 0 Å². The third-order valence-electron chi connectivity index (χ3n) is 1.93. The first-order valence-electron chi connectivity index (χ1n) is 4.62. The van der Waals surface area contributed by atoms with Gasteiger partial charge in [0, 0.05) is 17.7 Å². The van der Waals surface area contributed by atoms with Crippen LogP contribution in [0.4, 0.5) is 10.5 Å². The number of anilines is 1. The average molecular weight is 243 g/mol. The topological polar surface area (TPSA) is 79.3 Å². The lowest BCUT2D eigenvalue weighted by molar-refractivity contribution is 0.0940. The van der Waals surface area contributed by atoms with Gasteiger partial charge < -0.3 is 5.11 Å². The largest absolute Gasteiger partial charge is 0.465 e. The minimum atomic E-state index is -1.28. The van der Waals surface area contributed by atoms with Crippen LogP contribution >= 0.6 is 11.6 Å². The number of halogens is 1. The van der Waals surface area contributed by atoms with E-state index < -0.39 is 6.09 Å². The maximum absolute atomic E-state index is 11.8. The Morgan fingerprint density at radius 1 is 1.50 bits per heavy atom. The van der Waals surface area contributed by atoms with Crippen molar-refractivity contribution in [2.75, 3.05) is 5.32 Å². The third kappa shape index (κ3) is 2.70. The van der Waals surface area contributed by atoms with Crippen LogP contribution in [0.25, 0.3) is 0 Å². The van der Waals surface area contributed by atoms with Gasteiger partial charge in [-0.3, -0.25) is 10.1 Å². The first-order chi connectivity index (χ1) is 7.43. The Bertz CT molecular complexity index is 432. The summed E-state index contributed by atoms with van der Waals surface area (Å²) in [5.74, 6) is -0.430. The number of carbonyl (C=O) groups excluding carboxylic acids is 1. The maximum atomic E-state index is 11.8. The van der Waals surface area contributed by atoms with Crippen molar-refractivity contribution in [3.8, 4) is 0 Å². The number of ketones is 1. The summed E-state index contributed by atoms with van der Waals surface area (Å²) in [6.45, 7) is 3.45. The second-order valence-electron chi connectivity index (χ2n) is 3.47. The number of hydrogen-bond acceptors (Lipinski definition) is 3. The van der Waals surface area contributed by atoms with E-state index in [9.17, 15) is 9.59 Å². The number of Topliss-reactive ketones (excluding diaryl/α,β-unsaturated/α-hetero) is 1. The first kappa shape index (κ1) is 12.4. The number of nitrogens with one attached hydrogen (secondary N) is 1. The molecule has 0 atom stereocenters. The van der Waals surface area contributed by atoms with Gasteiger partial charge in [0.1, 0.15) is 0 Å². The van der Waals surface area contributed by atoms with E-state index in [1.54, 1.807) is 13.8 Å². The second kappa shape index (κ2) is 4.94. The van der Waals surface area contributed by atoms with E-state index in [-0.39, 0.29) is 28.1 Å². The molecule has 0 aliphatic heterocycles. The molecule has 16 heavy (non-hydrogen) atoms. The molecule has 1 rings (SSSR count). The number of hydrogen-bond donors (Lipinski definition) is 2. The molecule has 0 unspecified atom stereocenters. The molecule has 5 nitrogen and oxygen atoms in total. The number of nitrogens with zero attached hydrogens (tertiary/aromatic N) is 1. The van der Waals surface area contributed by atoms with Gasteiger partial charge in [-0.05, 0) is 6.07 Å². The van der Waals surface area contributed by atoms with Crippen molar-refractivity contribution in [2.24, 2.45) is 5.92 Å². The van der Waals surface area contributed by atoms with E-state index in [1.807, 2.05) is 0 Å². The van der Waals surface area contributed by atoms with Crippen LogP contribution in [0, 0.1) is 5.92 Å². The lowest BCUT2D eigenvalue weighted by Gasteiger charge is -2.10. The fraction of sp³-hybridized carbons (Fsp3) is 0.300. The highest BCUT2D eigenvalue weighted by Gasteiger charge is 2.18. The van der Waals surface area contributed by atoms with E-state index in [0.717, 1.165) is 0 Å². The number of carboxylic acid groups (broad SMARTS) is 1. The number of carbonyl (C=O) groups is 2. The first-order valence-corrected chi connectivity index (χ1v) is 5.00. The molecule has 6 heteroatoms. The van der Waals surface area contributed by atoms with Gasteiger partial charge >= 0.3 is 6.09 Å². The van der Waals surface area contributed by atoms with E-state index in [1.165, 1.54) is 12.3 Å². The monoisotopic (exact) mass is 242 g/mol. The molecule has 0 spiro atoms. The molecule has 1 amide bonds. The molecule has 0 saturated heterocycles.